The summed E-state index contributed by atoms with van der Waals surface area (Å²) in [4.78, 5) is 9.04. The number of aromatic nitrogens is 2. The molecule has 1 aliphatic heterocycles. The zero-order chi connectivity index (χ0) is 20.2. The number of hydrogen-bond acceptors (Lipinski definition) is 6. The third-order valence-corrected chi connectivity index (χ3v) is 6.06. The van der Waals surface area contributed by atoms with E-state index in [4.69, 9.17) is 16.3 Å². The number of ether oxygens (including phenoxy) is 1. The standard InChI is InChI=1S/C21H22ClFN4OS/c1-28-18-4-2-3-16(13-18)19(23)14-26-9-11-27(12-10-26)21-24-20(25-29-21)15-5-7-17(22)8-6-15/h2-8,13,19H,9-12,14H2,1H3. The van der Waals surface area contributed by atoms with E-state index in [9.17, 15) is 4.39 Å². The summed E-state index contributed by atoms with van der Waals surface area (Å²) in [6.07, 6.45) is -1.03. The second-order valence-electron chi connectivity index (χ2n) is 6.94. The van der Waals surface area contributed by atoms with Gasteiger partial charge < -0.3 is 9.64 Å². The molecule has 2 heterocycles. The summed E-state index contributed by atoms with van der Waals surface area (Å²) >= 11 is 7.34. The molecule has 0 radical (unpaired) electrons. The van der Waals surface area contributed by atoms with E-state index in [1.807, 2.05) is 42.5 Å². The normalized spacial score (nSPS) is 16.0. The summed E-state index contributed by atoms with van der Waals surface area (Å²) < 4.78 is 24.4. The molecule has 0 spiro atoms. The maximum absolute atomic E-state index is 14.7. The van der Waals surface area contributed by atoms with E-state index in [2.05, 4.69) is 19.2 Å². The highest BCUT2D eigenvalue weighted by Gasteiger charge is 2.23. The zero-order valence-electron chi connectivity index (χ0n) is 16.1. The number of rotatable bonds is 6. The predicted octanol–water partition coefficient (Wildman–Crippen LogP) is 4.70. The molecule has 1 fully saturated rings. The average molecular weight is 433 g/mol. The molecule has 1 aliphatic rings. The molecule has 3 aromatic rings. The van der Waals surface area contributed by atoms with Crippen LogP contribution in [0.4, 0.5) is 9.52 Å². The van der Waals surface area contributed by atoms with Crippen LogP contribution in [0.15, 0.2) is 48.5 Å². The van der Waals surface area contributed by atoms with Gasteiger partial charge in [-0.05, 0) is 42.0 Å². The maximum Gasteiger partial charge on any atom is 0.205 e. The second kappa shape index (κ2) is 9.07. The van der Waals surface area contributed by atoms with Gasteiger partial charge in [-0.15, -0.1) is 0 Å². The number of benzene rings is 2. The molecular formula is C21H22ClFN4OS. The number of alkyl halides is 1. The van der Waals surface area contributed by atoms with Crippen LogP contribution in [0.25, 0.3) is 11.4 Å². The van der Waals surface area contributed by atoms with E-state index in [0.717, 1.165) is 36.9 Å². The monoisotopic (exact) mass is 432 g/mol. The first-order valence-electron chi connectivity index (χ1n) is 9.47. The molecule has 0 bridgehead atoms. The maximum atomic E-state index is 14.7. The SMILES string of the molecule is COc1cccc(C(F)CN2CCN(c3nc(-c4ccc(Cl)cc4)ns3)CC2)c1. The van der Waals surface area contributed by atoms with Gasteiger partial charge in [0.2, 0.25) is 5.13 Å². The highest BCUT2D eigenvalue weighted by molar-refractivity contribution is 7.09. The molecular weight excluding hydrogens is 411 g/mol. The van der Waals surface area contributed by atoms with Gasteiger partial charge in [0.15, 0.2) is 5.82 Å². The van der Waals surface area contributed by atoms with Crippen LogP contribution < -0.4 is 9.64 Å². The quantitative estimate of drug-likeness (QED) is 0.564. The first-order chi connectivity index (χ1) is 14.1. The molecule has 1 aromatic heterocycles. The molecule has 0 N–H and O–H groups in total. The lowest BCUT2D eigenvalue weighted by molar-refractivity contribution is 0.184. The van der Waals surface area contributed by atoms with E-state index in [1.54, 1.807) is 13.2 Å². The molecule has 0 amide bonds. The predicted molar refractivity (Wildman–Crippen MR) is 116 cm³/mol. The van der Waals surface area contributed by atoms with Crippen molar-refractivity contribution in [3.8, 4) is 17.1 Å². The van der Waals surface area contributed by atoms with Crippen molar-refractivity contribution in [1.29, 1.82) is 0 Å². The van der Waals surface area contributed by atoms with Gasteiger partial charge in [-0.2, -0.15) is 9.36 Å². The van der Waals surface area contributed by atoms with Gasteiger partial charge in [-0.3, -0.25) is 4.90 Å². The molecule has 2 aromatic carbocycles. The van der Waals surface area contributed by atoms with Gasteiger partial charge in [-0.25, -0.2) is 4.39 Å². The average Bonchev–Trinajstić information content (AvgIpc) is 3.25. The van der Waals surface area contributed by atoms with Crippen molar-refractivity contribution < 1.29 is 9.13 Å². The molecule has 5 nitrogen and oxygen atoms in total. The van der Waals surface area contributed by atoms with E-state index < -0.39 is 6.17 Å². The molecule has 1 saturated heterocycles. The number of nitrogens with zero attached hydrogens (tertiary/aromatic N) is 4. The Morgan fingerprint density at radius 1 is 1.14 bits per heavy atom. The number of methoxy groups -OCH3 is 1. The fourth-order valence-electron chi connectivity index (χ4n) is 3.35. The van der Waals surface area contributed by atoms with Crippen LogP contribution in [-0.4, -0.2) is 54.1 Å². The Kier molecular flexibility index (Phi) is 6.28. The van der Waals surface area contributed by atoms with Crippen LogP contribution in [0.5, 0.6) is 5.75 Å². The van der Waals surface area contributed by atoms with Crippen molar-refractivity contribution in [2.45, 2.75) is 6.17 Å². The highest BCUT2D eigenvalue weighted by Crippen LogP contribution is 2.27. The van der Waals surface area contributed by atoms with Crippen molar-refractivity contribution in [1.82, 2.24) is 14.3 Å². The summed E-state index contributed by atoms with van der Waals surface area (Å²) in [5.41, 5.74) is 1.61. The minimum Gasteiger partial charge on any atom is -0.497 e. The minimum absolute atomic E-state index is 0.382. The topological polar surface area (TPSA) is 41.5 Å². The molecule has 0 aliphatic carbocycles. The fraction of sp³-hybridized carbons (Fsp3) is 0.333. The van der Waals surface area contributed by atoms with Crippen molar-refractivity contribution in [3.05, 3.63) is 59.1 Å². The van der Waals surface area contributed by atoms with E-state index >= 15 is 0 Å². The number of anilines is 1. The molecule has 4 rings (SSSR count). The molecule has 1 atom stereocenters. The van der Waals surface area contributed by atoms with Crippen LogP contribution in [0.3, 0.4) is 0 Å². The van der Waals surface area contributed by atoms with Gasteiger partial charge in [0.1, 0.15) is 11.9 Å². The van der Waals surface area contributed by atoms with Crippen LogP contribution in [-0.2, 0) is 0 Å². The van der Waals surface area contributed by atoms with Crippen molar-refractivity contribution in [2.75, 3.05) is 44.7 Å². The Labute approximate surface area is 178 Å². The lowest BCUT2D eigenvalue weighted by atomic mass is 10.1. The van der Waals surface area contributed by atoms with Crippen LogP contribution in [0.2, 0.25) is 5.02 Å². The summed E-state index contributed by atoms with van der Waals surface area (Å²) in [6.45, 7) is 3.58. The molecule has 0 saturated carbocycles. The summed E-state index contributed by atoms with van der Waals surface area (Å²) in [5, 5.41) is 1.60. The Morgan fingerprint density at radius 2 is 1.90 bits per heavy atom. The van der Waals surface area contributed by atoms with Gasteiger partial charge in [0.25, 0.3) is 0 Å². The first kappa shape index (κ1) is 20.1. The largest absolute Gasteiger partial charge is 0.497 e. The van der Waals surface area contributed by atoms with Gasteiger partial charge >= 0.3 is 0 Å². The van der Waals surface area contributed by atoms with Crippen LogP contribution >= 0.6 is 23.1 Å². The first-order valence-corrected chi connectivity index (χ1v) is 10.6. The van der Waals surface area contributed by atoms with E-state index in [1.165, 1.54) is 11.5 Å². The van der Waals surface area contributed by atoms with Gasteiger partial charge in [-0.1, -0.05) is 23.7 Å². The fourth-order valence-corrected chi connectivity index (χ4v) is 4.22. The molecule has 1 unspecified atom stereocenters. The van der Waals surface area contributed by atoms with Crippen molar-refractivity contribution in [3.63, 3.8) is 0 Å². The Bertz CT molecular complexity index is 944. The van der Waals surface area contributed by atoms with E-state index in [0.29, 0.717) is 28.7 Å². The molecule has 8 heteroatoms. The summed E-state index contributed by atoms with van der Waals surface area (Å²) in [5.74, 6) is 1.40. The number of piperazine rings is 1. The zero-order valence-corrected chi connectivity index (χ0v) is 17.7. The third-order valence-electron chi connectivity index (χ3n) is 5.03. The summed E-state index contributed by atoms with van der Waals surface area (Å²) in [6, 6.07) is 14.8. The smallest absolute Gasteiger partial charge is 0.205 e. The van der Waals surface area contributed by atoms with Gasteiger partial charge in [0.05, 0.1) is 7.11 Å². The van der Waals surface area contributed by atoms with Crippen LogP contribution in [0.1, 0.15) is 11.7 Å². The lowest BCUT2D eigenvalue weighted by Gasteiger charge is -2.34. The Balaban J connectivity index is 1.33. The summed E-state index contributed by atoms with van der Waals surface area (Å²) in [7, 11) is 1.59. The number of halogens is 2. The third kappa shape index (κ3) is 4.86. The highest BCUT2D eigenvalue weighted by atomic mass is 35.5. The van der Waals surface area contributed by atoms with E-state index in [-0.39, 0.29) is 0 Å². The van der Waals surface area contributed by atoms with Crippen molar-refractivity contribution >= 4 is 28.3 Å². The van der Waals surface area contributed by atoms with Crippen LogP contribution in [0, 0.1) is 0 Å². The Hall–Kier alpha value is -2.22. The molecule has 152 valence electrons. The Morgan fingerprint density at radius 3 is 2.62 bits per heavy atom. The molecule has 29 heavy (non-hydrogen) atoms. The minimum atomic E-state index is -1.03. The lowest BCUT2D eigenvalue weighted by Crippen LogP contribution is -2.47. The number of hydrogen-bond donors (Lipinski definition) is 0. The second-order valence-corrected chi connectivity index (χ2v) is 8.11. The van der Waals surface area contributed by atoms with Gasteiger partial charge in [0, 0.05) is 54.8 Å². The van der Waals surface area contributed by atoms with Crippen molar-refractivity contribution in [2.24, 2.45) is 0 Å².